The van der Waals surface area contributed by atoms with Gasteiger partial charge in [-0.2, -0.15) is 26.7 Å². The molecule has 1 aliphatic rings. The number of hydrogen-bond donors (Lipinski definition) is 0. The molecule has 14 heavy (non-hydrogen) atoms. The van der Waals surface area contributed by atoms with E-state index in [1.807, 2.05) is 0 Å². The first kappa shape index (κ1) is 11.4. The summed E-state index contributed by atoms with van der Waals surface area (Å²) in [5.74, 6) is 0. The monoisotopic (exact) mass is 222 g/mol. The van der Waals surface area contributed by atoms with Crippen molar-refractivity contribution in [2.75, 3.05) is 6.61 Å². The molecule has 1 unspecified atom stereocenters. The van der Waals surface area contributed by atoms with Crippen molar-refractivity contribution < 1.29 is 17.9 Å². The Balaban J connectivity index is 0.000000980. The van der Waals surface area contributed by atoms with Gasteiger partial charge in [0, 0.05) is 0 Å². The predicted octanol–water partition coefficient (Wildman–Crippen LogP) is 2.89. The Bertz CT molecular complexity index is 320. The molecule has 0 aliphatic carbocycles. The Labute approximate surface area is 86.3 Å². The van der Waals surface area contributed by atoms with E-state index in [0.29, 0.717) is 12.2 Å². The molecule has 0 saturated carbocycles. The van der Waals surface area contributed by atoms with Crippen LogP contribution in [-0.4, -0.2) is 6.61 Å². The molecule has 0 bridgehead atoms. The standard InChI is InChI=1S/C9H7F3O.H2S/c10-9(11,12)7-3-1-2-6(4-7)8-5-13-8;/h1-4,8H,5H2;1H2. The summed E-state index contributed by atoms with van der Waals surface area (Å²) in [5.41, 5.74) is -0.00433. The maximum Gasteiger partial charge on any atom is 0.416 e. The Hall–Kier alpha value is -0.680. The van der Waals surface area contributed by atoms with Crippen molar-refractivity contribution in [3.05, 3.63) is 35.4 Å². The second-order valence-corrected chi connectivity index (χ2v) is 2.95. The lowest BCUT2D eigenvalue weighted by Crippen LogP contribution is -2.04. The number of halogens is 3. The van der Waals surface area contributed by atoms with Crippen LogP contribution in [0.15, 0.2) is 24.3 Å². The molecule has 0 spiro atoms. The molecule has 78 valence electrons. The van der Waals surface area contributed by atoms with Gasteiger partial charge in [0.15, 0.2) is 0 Å². The number of ether oxygens (including phenoxy) is 1. The van der Waals surface area contributed by atoms with Gasteiger partial charge in [0.05, 0.1) is 12.2 Å². The van der Waals surface area contributed by atoms with E-state index in [9.17, 15) is 13.2 Å². The summed E-state index contributed by atoms with van der Waals surface area (Å²) in [6, 6.07) is 5.25. The summed E-state index contributed by atoms with van der Waals surface area (Å²) >= 11 is 0. The van der Waals surface area contributed by atoms with Gasteiger partial charge in [0.25, 0.3) is 0 Å². The van der Waals surface area contributed by atoms with Crippen LogP contribution in [0.1, 0.15) is 17.2 Å². The highest BCUT2D eigenvalue weighted by Gasteiger charge is 2.32. The van der Waals surface area contributed by atoms with Crippen LogP contribution in [0.25, 0.3) is 0 Å². The number of alkyl halides is 3. The highest BCUT2D eigenvalue weighted by Crippen LogP contribution is 2.34. The van der Waals surface area contributed by atoms with Gasteiger partial charge in [-0.25, -0.2) is 0 Å². The maximum atomic E-state index is 12.2. The molecule has 2 rings (SSSR count). The highest BCUT2D eigenvalue weighted by atomic mass is 32.1. The lowest BCUT2D eigenvalue weighted by molar-refractivity contribution is -0.137. The second kappa shape index (κ2) is 3.82. The normalized spacial score (nSPS) is 20.1. The third-order valence-electron chi connectivity index (χ3n) is 1.92. The fourth-order valence-corrected chi connectivity index (χ4v) is 1.16. The largest absolute Gasteiger partial charge is 0.416 e. The van der Waals surface area contributed by atoms with Crippen molar-refractivity contribution in [1.29, 1.82) is 0 Å². The molecule has 0 amide bonds. The van der Waals surface area contributed by atoms with Gasteiger partial charge in [-0.05, 0) is 17.7 Å². The Morgan fingerprint density at radius 3 is 2.43 bits per heavy atom. The summed E-state index contributed by atoms with van der Waals surface area (Å²) in [4.78, 5) is 0. The van der Waals surface area contributed by atoms with Crippen LogP contribution in [0.4, 0.5) is 13.2 Å². The van der Waals surface area contributed by atoms with Crippen LogP contribution in [-0.2, 0) is 10.9 Å². The Morgan fingerprint density at radius 1 is 1.29 bits per heavy atom. The topological polar surface area (TPSA) is 12.5 Å². The van der Waals surface area contributed by atoms with Gasteiger partial charge >= 0.3 is 6.18 Å². The van der Waals surface area contributed by atoms with E-state index in [2.05, 4.69) is 0 Å². The van der Waals surface area contributed by atoms with Crippen LogP contribution in [0.5, 0.6) is 0 Å². The second-order valence-electron chi connectivity index (χ2n) is 2.95. The third-order valence-corrected chi connectivity index (χ3v) is 1.92. The molecular weight excluding hydrogens is 213 g/mol. The molecule has 1 nitrogen and oxygen atoms in total. The molecular formula is C9H9F3OS. The Morgan fingerprint density at radius 2 is 1.93 bits per heavy atom. The fourth-order valence-electron chi connectivity index (χ4n) is 1.16. The molecule has 1 saturated heterocycles. The first-order valence-corrected chi connectivity index (χ1v) is 3.86. The van der Waals surface area contributed by atoms with Gasteiger partial charge in [-0.3, -0.25) is 0 Å². The minimum Gasteiger partial charge on any atom is -0.368 e. The summed E-state index contributed by atoms with van der Waals surface area (Å²) in [6.45, 7) is 0.529. The minimum atomic E-state index is -4.26. The van der Waals surface area contributed by atoms with Gasteiger partial charge in [-0.1, -0.05) is 12.1 Å². The molecule has 1 heterocycles. The number of benzene rings is 1. The van der Waals surface area contributed by atoms with E-state index in [4.69, 9.17) is 4.74 Å². The van der Waals surface area contributed by atoms with Crippen molar-refractivity contribution in [3.8, 4) is 0 Å². The Kier molecular flexibility index (Phi) is 3.11. The van der Waals surface area contributed by atoms with Gasteiger partial charge in [-0.15, -0.1) is 0 Å². The van der Waals surface area contributed by atoms with Gasteiger partial charge in [0.2, 0.25) is 0 Å². The molecule has 5 heteroatoms. The molecule has 1 aromatic carbocycles. The van der Waals surface area contributed by atoms with Crippen molar-refractivity contribution in [3.63, 3.8) is 0 Å². The minimum absolute atomic E-state index is 0. The van der Waals surface area contributed by atoms with Crippen LogP contribution < -0.4 is 0 Å². The smallest absolute Gasteiger partial charge is 0.368 e. The zero-order valence-corrected chi connectivity index (χ0v) is 8.14. The summed E-state index contributed by atoms with van der Waals surface area (Å²) in [5, 5.41) is 0. The van der Waals surface area contributed by atoms with E-state index >= 15 is 0 Å². The first-order chi connectivity index (χ1) is 6.07. The zero-order chi connectivity index (χ0) is 9.47. The van der Waals surface area contributed by atoms with Crippen molar-refractivity contribution in [2.45, 2.75) is 12.3 Å². The van der Waals surface area contributed by atoms with Crippen molar-refractivity contribution >= 4 is 13.5 Å². The zero-order valence-electron chi connectivity index (χ0n) is 7.14. The molecule has 1 aliphatic heterocycles. The quantitative estimate of drug-likeness (QED) is 0.665. The molecule has 0 N–H and O–H groups in total. The van der Waals surface area contributed by atoms with E-state index in [1.54, 1.807) is 6.07 Å². The van der Waals surface area contributed by atoms with E-state index in [0.717, 1.165) is 12.1 Å². The summed E-state index contributed by atoms with van der Waals surface area (Å²) in [6.07, 6.45) is -4.38. The first-order valence-electron chi connectivity index (χ1n) is 3.86. The molecule has 0 aromatic heterocycles. The van der Waals surface area contributed by atoms with E-state index in [1.165, 1.54) is 6.07 Å². The number of epoxide rings is 1. The van der Waals surface area contributed by atoms with Crippen molar-refractivity contribution in [2.24, 2.45) is 0 Å². The van der Waals surface area contributed by atoms with Crippen LogP contribution in [0, 0.1) is 0 Å². The number of rotatable bonds is 1. The van der Waals surface area contributed by atoms with Gasteiger partial charge < -0.3 is 4.74 Å². The van der Waals surface area contributed by atoms with E-state index < -0.39 is 11.7 Å². The van der Waals surface area contributed by atoms with E-state index in [-0.39, 0.29) is 19.6 Å². The maximum absolute atomic E-state index is 12.2. The van der Waals surface area contributed by atoms with Crippen LogP contribution in [0.3, 0.4) is 0 Å². The van der Waals surface area contributed by atoms with Crippen molar-refractivity contribution in [1.82, 2.24) is 0 Å². The lowest BCUT2D eigenvalue weighted by atomic mass is 10.1. The predicted molar refractivity (Wildman–Crippen MR) is 50.5 cm³/mol. The molecule has 1 fully saturated rings. The SMILES string of the molecule is FC(F)(F)c1cccc(C2CO2)c1.S. The fraction of sp³-hybridized carbons (Fsp3) is 0.333. The summed E-state index contributed by atoms with van der Waals surface area (Å²) in [7, 11) is 0. The molecule has 1 atom stereocenters. The molecule has 1 aromatic rings. The average molecular weight is 222 g/mol. The number of hydrogen-bond acceptors (Lipinski definition) is 1. The van der Waals surface area contributed by atoms with Crippen LogP contribution in [0.2, 0.25) is 0 Å². The molecule has 0 radical (unpaired) electrons. The lowest BCUT2D eigenvalue weighted by Gasteiger charge is -2.06. The van der Waals surface area contributed by atoms with Gasteiger partial charge in [0.1, 0.15) is 6.10 Å². The average Bonchev–Trinajstić information content (AvgIpc) is 2.85. The van der Waals surface area contributed by atoms with Crippen LogP contribution >= 0.6 is 13.5 Å². The summed E-state index contributed by atoms with van der Waals surface area (Å²) < 4.78 is 41.5. The third kappa shape index (κ3) is 2.42. The highest BCUT2D eigenvalue weighted by molar-refractivity contribution is 7.59.